The number of nitrogens with one attached hydrogen (secondary N) is 1. The van der Waals surface area contributed by atoms with Crippen molar-refractivity contribution in [2.24, 2.45) is 0 Å². The molecule has 0 spiro atoms. The molecule has 3 aromatic rings. The van der Waals surface area contributed by atoms with E-state index in [4.69, 9.17) is 0 Å². The molecule has 31 heavy (non-hydrogen) atoms. The number of hydrogen-bond acceptors (Lipinski definition) is 5. The minimum Gasteiger partial charge on any atom is -0.312 e. The molecule has 1 atom stereocenters. The zero-order valence-corrected chi connectivity index (χ0v) is 18.4. The minimum absolute atomic E-state index is 0.000385. The Kier molecular flexibility index (Phi) is 6.72. The molecule has 0 aliphatic carbocycles. The predicted octanol–water partition coefficient (Wildman–Crippen LogP) is 4.58. The van der Waals surface area contributed by atoms with Crippen molar-refractivity contribution in [2.45, 2.75) is 44.9 Å². The molecule has 0 bridgehead atoms. The third kappa shape index (κ3) is 5.35. The van der Waals surface area contributed by atoms with Gasteiger partial charge in [-0.25, -0.2) is 0 Å². The lowest BCUT2D eigenvalue weighted by atomic mass is 10.1. The monoisotopic (exact) mass is 434 g/mol. The molecule has 1 unspecified atom stereocenters. The molecule has 2 amide bonds. The summed E-state index contributed by atoms with van der Waals surface area (Å²) in [6.45, 7) is 2.70. The van der Waals surface area contributed by atoms with Crippen molar-refractivity contribution in [1.82, 2.24) is 10.2 Å². The van der Waals surface area contributed by atoms with Gasteiger partial charge in [0.25, 0.3) is 0 Å². The Labute approximate surface area is 186 Å². The fraction of sp³-hybridized carbons (Fsp3) is 0.333. The molecule has 2 aromatic carbocycles. The van der Waals surface area contributed by atoms with E-state index in [-0.39, 0.29) is 17.7 Å². The Hall–Kier alpha value is -3.06. The van der Waals surface area contributed by atoms with Gasteiger partial charge in [0, 0.05) is 31.0 Å². The van der Waals surface area contributed by atoms with Crippen LogP contribution in [0.3, 0.4) is 0 Å². The largest absolute Gasteiger partial charge is 0.312 e. The predicted molar refractivity (Wildman–Crippen MR) is 123 cm³/mol. The molecular weight excluding hydrogens is 408 g/mol. The summed E-state index contributed by atoms with van der Waals surface area (Å²) in [6.07, 6.45) is 3.48. The van der Waals surface area contributed by atoms with Crippen molar-refractivity contribution in [1.29, 1.82) is 0 Å². The van der Waals surface area contributed by atoms with Crippen molar-refractivity contribution in [3.05, 3.63) is 70.7 Å². The van der Waals surface area contributed by atoms with Crippen molar-refractivity contribution in [3.8, 4) is 0 Å². The molecular formula is C24H26N4O2S. The number of carbonyl (C=O) groups excluding carboxylic acids is 2. The highest BCUT2D eigenvalue weighted by Crippen LogP contribution is 2.34. The van der Waals surface area contributed by atoms with Gasteiger partial charge in [0.05, 0.1) is 0 Å². The molecule has 7 heteroatoms. The Morgan fingerprint density at radius 1 is 1.10 bits per heavy atom. The van der Waals surface area contributed by atoms with Crippen LogP contribution in [0.25, 0.3) is 0 Å². The minimum atomic E-state index is -0.0567. The SMILES string of the molecule is CCc1ccc(N2CC(c3nnc(NC(=O)CCCc4ccccc4)s3)CC2=O)cc1. The van der Waals surface area contributed by atoms with Gasteiger partial charge in [-0.2, -0.15) is 0 Å². The van der Waals surface area contributed by atoms with E-state index in [1.54, 1.807) is 0 Å². The highest BCUT2D eigenvalue weighted by atomic mass is 32.1. The normalized spacial score (nSPS) is 16.0. The van der Waals surface area contributed by atoms with E-state index in [2.05, 4.69) is 46.7 Å². The fourth-order valence-corrected chi connectivity index (χ4v) is 4.61. The summed E-state index contributed by atoms with van der Waals surface area (Å²) in [5.41, 5.74) is 3.40. The quantitative estimate of drug-likeness (QED) is 0.563. The molecule has 4 rings (SSSR count). The Bertz CT molecular complexity index is 1030. The highest BCUT2D eigenvalue weighted by molar-refractivity contribution is 7.15. The van der Waals surface area contributed by atoms with E-state index in [1.165, 1.54) is 22.5 Å². The summed E-state index contributed by atoms with van der Waals surface area (Å²) >= 11 is 1.36. The third-order valence-electron chi connectivity index (χ3n) is 5.53. The standard InChI is InChI=1S/C24H26N4O2S/c1-2-17-11-13-20(14-12-17)28-16-19(15-22(28)30)23-26-27-24(31-23)25-21(29)10-6-9-18-7-4-3-5-8-18/h3-5,7-8,11-14,19H,2,6,9-10,15-16H2,1H3,(H,25,27,29). The van der Waals surface area contributed by atoms with Crippen LogP contribution in [0.1, 0.15) is 48.2 Å². The van der Waals surface area contributed by atoms with Crippen LogP contribution in [0.2, 0.25) is 0 Å². The lowest BCUT2D eigenvalue weighted by Crippen LogP contribution is -2.24. The molecule has 0 radical (unpaired) electrons. The van der Waals surface area contributed by atoms with Crippen molar-refractivity contribution in [2.75, 3.05) is 16.8 Å². The smallest absolute Gasteiger partial charge is 0.227 e. The molecule has 1 aliphatic rings. The van der Waals surface area contributed by atoms with Crippen LogP contribution in [-0.2, 0) is 22.4 Å². The number of nitrogens with zero attached hydrogens (tertiary/aromatic N) is 3. The Balaban J connectivity index is 1.30. The van der Waals surface area contributed by atoms with Gasteiger partial charge in [-0.05, 0) is 42.5 Å². The Morgan fingerprint density at radius 2 is 1.87 bits per heavy atom. The third-order valence-corrected chi connectivity index (χ3v) is 6.53. The summed E-state index contributed by atoms with van der Waals surface area (Å²) in [7, 11) is 0. The molecule has 1 N–H and O–H groups in total. The highest BCUT2D eigenvalue weighted by Gasteiger charge is 2.33. The lowest BCUT2D eigenvalue weighted by molar-refractivity contribution is -0.117. The number of aromatic nitrogens is 2. The van der Waals surface area contributed by atoms with Crippen LogP contribution in [0.4, 0.5) is 10.8 Å². The zero-order chi connectivity index (χ0) is 21.6. The van der Waals surface area contributed by atoms with Crippen LogP contribution in [0, 0.1) is 0 Å². The van der Waals surface area contributed by atoms with Crippen molar-refractivity contribution >= 4 is 34.0 Å². The molecule has 2 heterocycles. The van der Waals surface area contributed by atoms with Gasteiger partial charge in [-0.15, -0.1) is 10.2 Å². The number of hydrogen-bond donors (Lipinski definition) is 1. The first-order valence-corrected chi connectivity index (χ1v) is 11.5. The maximum Gasteiger partial charge on any atom is 0.227 e. The van der Waals surface area contributed by atoms with Gasteiger partial charge in [-0.3, -0.25) is 9.59 Å². The molecule has 160 valence electrons. The van der Waals surface area contributed by atoms with Crippen molar-refractivity contribution in [3.63, 3.8) is 0 Å². The second kappa shape index (κ2) is 9.83. The number of amides is 2. The summed E-state index contributed by atoms with van der Waals surface area (Å²) in [6, 6.07) is 18.3. The summed E-state index contributed by atoms with van der Waals surface area (Å²) in [5.74, 6) is 0.0364. The van der Waals surface area contributed by atoms with E-state index in [1.807, 2.05) is 35.2 Å². The lowest BCUT2D eigenvalue weighted by Gasteiger charge is -2.16. The summed E-state index contributed by atoms with van der Waals surface area (Å²) in [5, 5.41) is 12.5. The maximum atomic E-state index is 12.5. The van der Waals surface area contributed by atoms with Crippen LogP contribution in [0.5, 0.6) is 0 Å². The van der Waals surface area contributed by atoms with Crippen LogP contribution in [0.15, 0.2) is 54.6 Å². The second-order valence-electron chi connectivity index (χ2n) is 7.76. The van der Waals surface area contributed by atoms with Crippen LogP contribution >= 0.6 is 11.3 Å². The molecule has 0 saturated carbocycles. The van der Waals surface area contributed by atoms with Crippen LogP contribution in [-0.4, -0.2) is 28.6 Å². The molecule has 1 aliphatic heterocycles. The van der Waals surface area contributed by atoms with Crippen molar-refractivity contribution < 1.29 is 9.59 Å². The van der Waals surface area contributed by atoms with Gasteiger partial charge in [-0.1, -0.05) is 60.7 Å². The van der Waals surface area contributed by atoms with Gasteiger partial charge in [0.2, 0.25) is 16.9 Å². The van der Waals surface area contributed by atoms with Gasteiger partial charge >= 0.3 is 0 Å². The Morgan fingerprint density at radius 3 is 2.61 bits per heavy atom. The molecule has 6 nitrogen and oxygen atoms in total. The molecule has 1 saturated heterocycles. The summed E-state index contributed by atoms with van der Waals surface area (Å²) in [4.78, 5) is 26.6. The first kappa shape index (κ1) is 21.2. The van der Waals surface area contributed by atoms with E-state index in [0.29, 0.717) is 24.5 Å². The number of rotatable bonds is 8. The molecule has 1 aromatic heterocycles. The summed E-state index contributed by atoms with van der Waals surface area (Å²) < 4.78 is 0. The van der Waals surface area contributed by atoms with E-state index >= 15 is 0 Å². The van der Waals surface area contributed by atoms with E-state index in [0.717, 1.165) is 30.0 Å². The first-order valence-electron chi connectivity index (χ1n) is 10.7. The molecule has 1 fully saturated rings. The second-order valence-corrected chi connectivity index (χ2v) is 8.77. The van der Waals surface area contributed by atoms with Gasteiger partial charge in [0.1, 0.15) is 5.01 Å². The number of anilines is 2. The number of benzene rings is 2. The number of carbonyl (C=O) groups is 2. The zero-order valence-electron chi connectivity index (χ0n) is 17.6. The maximum absolute atomic E-state index is 12.5. The van der Waals surface area contributed by atoms with Gasteiger partial charge in [0.15, 0.2) is 0 Å². The fourth-order valence-electron chi connectivity index (χ4n) is 3.76. The van der Waals surface area contributed by atoms with Gasteiger partial charge < -0.3 is 10.2 Å². The van der Waals surface area contributed by atoms with E-state index < -0.39 is 0 Å². The van der Waals surface area contributed by atoms with E-state index in [9.17, 15) is 9.59 Å². The average molecular weight is 435 g/mol. The topological polar surface area (TPSA) is 75.2 Å². The number of aryl methyl sites for hydroxylation is 2. The van der Waals surface area contributed by atoms with Crippen LogP contribution < -0.4 is 10.2 Å². The average Bonchev–Trinajstić information content (AvgIpc) is 3.41. The first-order chi connectivity index (χ1) is 15.1.